The van der Waals surface area contributed by atoms with E-state index in [2.05, 4.69) is 0 Å². The van der Waals surface area contributed by atoms with Crippen LogP contribution < -0.4 is 4.74 Å². The first-order chi connectivity index (χ1) is 17.5. The van der Waals surface area contributed by atoms with E-state index < -0.39 is 23.8 Å². The van der Waals surface area contributed by atoms with Crippen molar-refractivity contribution in [2.45, 2.75) is 31.7 Å². The van der Waals surface area contributed by atoms with Gasteiger partial charge in [0, 0.05) is 18.0 Å². The van der Waals surface area contributed by atoms with E-state index in [-0.39, 0.29) is 44.5 Å². The maximum atomic E-state index is 13.6. The molecule has 3 aromatic rings. The van der Waals surface area contributed by atoms with E-state index in [4.69, 9.17) is 14.2 Å². The molecule has 0 spiro atoms. The van der Waals surface area contributed by atoms with Crippen LogP contribution >= 0.6 is 0 Å². The monoisotopic (exact) mass is 497 g/mol. The van der Waals surface area contributed by atoms with E-state index in [0.717, 1.165) is 29.3 Å². The molecule has 1 heterocycles. The van der Waals surface area contributed by atoms with Crippen LogP contribution in [0.5, 0.6) is 5.75 Å². The Bertz CT molecular complexity index is 1130. The number of aliphatic hydroxyl groups is 1. The lowest BCUT2D eigenvalue weighted by molar-refractivity contribution is 0.0344. The number of hydrogen-bond acceptors (Lipinski definition) is 5. The van der Waals surface area contributed by atoms with Gasteiger partial charge in [0.05, 0.1) is 25.9 Å². The molecular formula is C28H29F2NO5. The van der Waals surface area contributed by atoms with Crippen molar-refractivity contribution in [3.05, 3.63) is 101 Å². The van der Waals surface area contributed by atoms with Gasteiger partial charge in [-0.2, -0.15) is 0 Å². The Morgan fingerprint density at radius 1 is 0.972 bits per heavy atom. The SMILES string of the molecule is O=C(OCc1ccccc1)N1CCC(c2ccc(OCCOCc3cc(F)ccc3F)cc2)C(O)C1. The third kappa shape index (κ3) is 7.02. The molecule has 1 saturated heterocycles. The predicted octanol–water partition coefficient (Wildman–Crippen LogP) is 5.05. The first-order valence-corrected chi connectivity index (χ1v) is 11.9. The van der Waals surface area contributed by atoms with Crippen LogP contribution in [0, 0.1) is 11.6 Å². The van der Waals surface area contributed by atoms with Crippen LogP contribution in [-0.4, -0.2) is 48.5 Å². The van der Waals surface area contributed by atoms with Crippen LogP contribution in [0.2, 0.25) is 0 Å². The highest BCUT2D eigenvalue weighted by Gasteiger charge is 2.31. The Balaban J connectivity index is 1.18. The van der Waals surface area contributed by atoms with Gasteiger partial charge in [-0.25, -0.2) is 13.6 Å². The predicted molar refractivity (Wildman–Crippen MR) is 130 cm³/mol. The van der Waals surface area contributed by atoms with Gasteiger partial charge in [0.2, 0.25) is 0 Å². The molecule has 1 amide bonds. The van der Waals surface area contributed by atoms with Crippen LogP contribution in [-0.2, 0) is 22.7 Å². The van der Waals surface area contributed by atoms with E-state index in [9.17, 15) is 18.7 Å². The minimum Gasteiger partial charge on any atom is -0.491 e. The lowest BCUT2D eigenvalue weighted by atomic mass is 9.87. The average Bonchev–Trinajstić information content (AvgIpc) is 2.90. The molecular weight excluding hydrogens is 468 g/mol. The van der Waals surface area contributed by atoms with Crippen LogP contribution in [0.15, 0.2) is 72.8 Å². The Morgan fingerprint density at radius 3 is 2.50 bits per heavy atom. The number of amides is 1. The number of carbonyl (C=O) groups is 1. The summed E-state index contributed by atoms with van der Waals surface area (Å²) in [5, 5.41) is 10.7. The molecule has 0 aliphatic carbocycles. The quantitative estimate of drug-likeness (QED) is 0.419. The first kappa shape index (κ1) is 25.6. The smallest absolute Gasteiger partial charge is 0.410 e. The van der Waals surface area contributed by atoms with E-state index in [0.29, 0.717) is 18.7 Å². The van der Waals surface area contributed by atoms with Gasteiger partial charge in [-0.1, -0.05) is 42.5 Å². The van der Waals surface area contributed by atoms with Crippen molar-refractivity contribution in [3.63, 3.8) is 0 Å². The zero-order valence-corrected chi connectivity index (χ0v) is 19.8. The summed E-state index contributed by atoms with van der Waals surface area (Å²) in [6, 6.07) is 20.1. The number of rotatable bonds is 9. The number of nitrogens with zero attached hydrogens (tertiary/aromatic N) is 1. The molecule has 1 aliphatic rings. The maximum absolute atomic E-state index is 13.6. The number of benzene rings is 3. The first-order valence-electron chi connectivity index (χ1n) is 11.9. The Hall–Kier alpha value is -3.49. The second-order valence-corrected chi connectivity index (χ2v) is 8.65. The number of carbonyl (C=O) groups excluding carboxylic acids is 1. The number of aliphatic hydroxyl groups excluding tert-OH is 1. The van der Waals surface area contributed by atoms with Crippen molar-refractivity contribution >= 4 is 6.09 Å². The third-order valence-electron chi connectivity index (χ3n) is 6.12. The van der Waals surface area contributed by atoms with Crippen molar-refractivity contribution in [1.29, 1.82) is 0 Å². The lowest BCUT2D eigenvalue weighted by Gasteiger charge is -2.35. The fraction of sp³-hybridized carbons (Fsp3) is 0.321. The van der Waals surface area contributed by atoms with Gasteiger partial charge < -0.3 is 24.2 Å². The summed E-state index contributed by atoms with van der Waals surface area (Å²) < 4.78 is 43.2. The van der Waals surface area contributed by atoms with E-state index in [1.54, 1.807) is 0 Å². The summed E-state index contributed by atoms with van der Waals surface area (Å²) in [5.41, 5.74) is 2.04. The molecule has 6 nitrogen and oxygen atoms in total. The van der Waals surface area contributed by atoms with E-state index in [1.807, 2.05) is 54.6 Å². The molecule has 36 heavy (non-hydrogen) atoms. The van der Waals surface area contributed by atoms with Gasteiger partial charge in [0.1, 0.15) is 30.6 Å². The summed E-state index contributed by atoms with van der Waals surface area (Å²) in [6.07, 6.45) is -0.513. The van der Waals surface area contributed by atoms with Crippen molar-refractivity contribution in [2.75, 3.05) is 26.3 Å². The number of hydrogen-bond donors (Lipinski definition) is 1. The summed E-state index contributed by atoms with van der Waals surface area (Å²) in [7, 11) is 0. The second-order valence-electron chi connectivity index (χ2n) is 8.65. The van der Waals surface area contributed by atoms with Crippen molar-refractivity contribution in [2.24, 2.45) is 0 Å². The van der Waals surface area contributed by atoms with Gasteiger partial charge in [-0.05, 0) is 47.9 Å². The molecule has 8 heteroatoms. The number of piperidine rings is 1. The molecule has 1 N–H and O–H groups in total. The zero-order chi connectivity index (χ0) is 25.3. The zero-order valence-electron chi connectivity index (χ0n) is 19.8. The molecule has 2 atom stereocenters. The van der Waals surface area contributed by atoms with Gasteiger partial charge in [-0.15, -0.1) is 0 Å². The molecule has 0 bridgehead atoms. The molecule has 190 valence electrons. The van der Waals surface area contributed by atoms with Crippen LogP contribution in [0.4, 0.5) is 13.6 Å². The van der Waals surface area contributed by atoms with E-state index in [1.165, 1.54) is 4.90 Å². The second kappa shape index (κ2) is 12.5. The highest BCUT2D eigenvalue weighted by Crippen LogP contribution is 2.30. The minimum atomic E-state index is -0.702. The summed E-state index contributed by atoms with van der Waals surface area (Å²) in [5.74, 6) is -0.479. The van der Waals surface area contributed by atoms with Gasteiger partial charge in [0.25, 0.3) is 0 Å². The fourth-order valence-corrected chi connectivity index (χ4v) is 4.16. The standard InChI is InChI=1S/C28H29F2NO5/c29-23-8-11-26(30)22(16-23)19-34-14-15-35-24-9-6-21(7-10-24)25-12-13-31(17-27(25)32)28(33)36-18-20-4-2-1-3-5-20/h1-11,16,25,27,32H,12-15,17-19H2. The van der Waals surface area contributed by atoms with Crippen LogP contribution in [0.1, 0.15) is 29.0 Å². The molecule has 1 aliphatic heterocycles. The molecule has 0 radical (unpaired) electrons. The van der Waals surface area contributed by atoms with Crippen LogP contribution in [0.3, 0.4) is 0 Å². The summed E-state index contributed by atoms with van der Waals surface area (Å²) >= 11 is 0. The summed E-state index contributed by atoms with van der Waals surface area (Å²) in [6.45, 7) is 1.33. The Morgan fingerprint density at radius 2 is 1.75 bits per heavy atom. The number of β-amino-alcohol motifs (C(OH)–C–C–N with tert-alkyl or cyclic N) is 1. The normalized spacial score (nSPS) is 17.6. The number of ether oxygens (including phenoxy) is 3. The van der Waals surface area contributed by atoms with Gasteiger partial charge >= 0.3 is 6.09 Å². The molecule has 3 aromatic carbocycles. The molecule has 4 rings (SSSR count). The number of likely N-dealkylation sites (tertiary alicyclic amines) is 1. The van der Waals surface area contributed by atoms with Crippen molar-refractivity contribution in [1.82, 2.24) is 4.90 Å². The minimum absolute atomic E-state index is 0.0394. The van der Waals surface area contributed by atoms with Crippen molar-refractivity contribution in [3.8, 4) is 5.75 Å². The van der Waals surface area contributed by atoms with Gasteiger partial charge in [-0.3, -0.25) is 0 Å². The number of halogens is 2. The van der Waals surface area contributed by atoms with E-state index >= 15 is 0 Å². The molecule has 0 aromatic heterocycles. The Labute approximate surface area is 209 Å². The maximum Gasteiger partial charge on any atom is 0.410 e. The van der Waals surface area contributed by atoms with Gasteiger partial charge in [0.15, 0.2) is 0 Å². The highest BCUT2D eigenvalue weighted by molar-refractivity contribution is 5.68. The lowest BCUT2D eigenvalue weighted by Crippen LogP contribution is -2.45. The highest BCUT2D eigenvalue weighted by atomic mass is 19.1. The fourth-order valence-electron chi connectivity index (χ4n) is 4.16. The largest absolute Gasteiger partial charge is 0.491 e. The topological polar surface area (TPSA) is 68.2 Å². The average molecular weight is 498 g/mol. The summed E-state index contributed by atoms with van der Waals surface area (Å²) in [4.78, 5) is 13.9. The van der Waals surface area contributed by atoms with Crippen LogP contribution in [0.25, 0.3) is 0 Å². The molecule has 1 fully saturated rings. The molecule has 0 saturated carbocycles. The Kier molecular flexibility index (Phi) is 8.86. The molecule has 2 unspecified atom stereocenters. The van der Waals surface area contributed by atoms with Crippen molar-refractivity contribution < 1.29 is 32.9 Å². The third-order valence-corrected chi connectivity index (χ3v) is 6.12.